The van der Waals surface area contributed by atoms with Gasteiger partial charge in [0, 0.05) is 25.7 Å². The minimum absolute atomic E-state index is 0.630. The molecule has 3 atom stereocenters. The summed E-state index contributed by atoms with van der Waals surface area (Å²) in [6.07, 6.45) is 6.20. The van der Waals surface area contributed by atoms with E-state index in [9.17, 15) is 0 Å². The van der Waals surface area contributed by atoms with Crippen molar-refractivity contribution in [3.05, 3.63) is 18.1 Å². The Labute approximate surface area is 123 Å². The molecule has 2 rings (SSSR count). The molecule has 4 nitrogen and oxygen atoms in total. The van der Waals surface area contributed by atoms with Crippen LogP contribution in [0.5, 0.6) is 0 Å². The molecule has 0 aromatic carbocycles. The van der Waals surface area contributed by atoms with Crippen LogP contribution in [0.25, 0.3) is 0 Å². The molecule has 0 spiro atoms. The fourth-order valence-electron chi connectivity index (χ4n) is 3.03. The third-order valence-corrected chi connectivity index (χ3v) is 4.35. The Kier molecular flexibility index (Phi) is 5.35. The molecule has 0 amide bonds. The Bertz CT molecular complexity index is 403. The summed E-state index contributed by atoms with van der Waals surface area (Å²) in [6.45, 7) is 12.2. The fourth-order valence-corrected chi connectivity index (χ4v) is 3.03. The molecule has 0 radical (unpaired) electrons. The topological polar surface area (TPSA) is 41.1 Å². The summed E-state index contributed by atoms with van der Waals surface area (Å²) in [5.74, 6) is 2.42. The smallest absolute Gasteiger partial charge is 0.144 e. The first-order valence-electron chi connectivity index (χ1n) is 7.89. The highest BCUT2D eigenvalue weighted by Crippen LogP contribution is 2.27. The van der Waals surface area contributed by atoms with Crippen LogP contribution in [0, 0.1) is 11.8 Å². The molecular formula is C16H28N4. The normalized spacial score (nSPS) is 27.5. The monoisotopic (exact) mass is 276 g/mol. The Balaban J connectivity index is 1.95. The molecule has 3 unspecified atom stereocenters. The Hall–Kier alpha value is -1.16. The quantitative estimate of drug-likeness (QED) is 0.897. The number of aromatic nitrogens is 2. The molecule has 1 aliphatic heterocycles. The maximum atomic E-state index is 4.54. The lowest BCUT2D eigenvalue weighted by atomic mass is 9.86. The van der Waals surface area contributed by atoms with Gasteiger partial charge in [0.25, 0.3) is 0 Å². The van der Waals surface area contributed by atoms with Gasteiger partial charge in [0.1, 0.15) is 5.82 Å². The minimum Gasteiger partial charge on any atom is -0.369 e. The second kappa shape index (κ2) is 7.02. The standard InChI is InChI=1S/C16H28N4/c1-5-6-17-16-9-18-15(8-19-16)11-20-10-12(2)7-13(3)14(20)4/h8-9,12-14H,5-7,10-11H2,1-4H3,(H,17,19). The number of piperidine rings is 1. The van der Waals surface area contributed by atoms with Crippen LogP contribution in [-0.2, 0) is 6.54 Å². The molecule has 0 aliphatic carbocycles. The van der Waals surface area contributed by atoms with Crippen molar-refractivity contribution in [3.63, 3.8) is 0 Å². The first-order chi connectivity index (χ1) is 9.60. The maximum absolute atomic E-state index is 4.54. The van der Waals surface area contributed by atoms with Crippen molar-refractivity contribution in [1.82, 2.24) is 14.9 Å². The highest BCUT2D eigenvalue weighted by Gasteiger charge is 2.28. The van der Waals surface area contributed by atoms with E-state index in [1.54, 1.807) is 0 Å². The molecule has 112 valence electrons. The summed E-state index contributed by atoms with van der Waals surface area (Å²) in [5, 5.41) is 3.26. The number of anilines is 1. The lowest BCUT2D eigenvalue weighted by Crippen LogP contribution is -2.45. The molecule has 0 bridgehead atoms. The van der Waals surface area contributed by atoms with Crippen LogP contribution in [0.4, 0.5) is 5.82 Å². The number of nitrogens with one attached hydrogen (secondary N) is 1. The van der Waals surface area contributed by atoms with E-state index in [2.05, 4.69) is 47.9 Å². The zero-order chi connectivity index (χ0) is 14.5. The van der Waals surface area contributed by atoms with Gasteiger partial charge in [-0.2, -0.15) is 0 Å². The molecule has 1 aromatic heterocycles. The third kappa shape index (κ3) is 3.92. The number of nitrogens with zero attached hydrogens (tertiary/aromatic N) is 3. The van der Waals surface area contributed by atoms with E-state index in [0.29, 0.717) is 6.04 Å². The van der Waals surface area contributed by atoms with E-state index in [1.807, 2.05) is 12.4 Å². The molecule has 4 heteroatoms. The van der Waals surface area contributed by atoms with Gasteiger partial charge >= 0.3 is 0 Å². The number of rotatable bonds is 5. The van der Waals surface area contributed by atoms with E-state index >= 15 is 0 Å². The summed E-state index contributed by atoms with van der Waals surface area (Å²) >= 11 is 0. The van der Waals surface area contributed by atoms with Crippen molar-refractivity contribution in [2.24, 2.45) is 11.8 Å². The summed E-state index contributed by atoms with van der Waals surface area (Å²) < 4.78 is 0. The third-order valence-electron chi connectivity index (χ3n) is 4.35. The first kappa shape index (κ1) is 15.2. The molecule has 2 heterocycles. The molecule has 0 saturated carbocycles. The molecule has 1 aromatic rings. The lowest BCUT2D eigenvalue weighted by Gasteiger charge is -2.40. The summed E-state index contributed by atoms with van der Waals surface area (Å²) in [7, 11) is 0. The number of hydrogen-bond acceptors (Lipinski definition) is 4. The van der Waals surface area contributed by atoms with E-state index in [-0.39, 0.29) is 0 Å². The average molecular weight is 276 g/mol. The number of hydrogen-bond donors (Lipinski definition) is 1. The zero-order valence-corrected chi connectivity index (χ0v) is 13.3. The molecular weight excluding hydrogens is 248 g/mol. The van der Waals surface area contributed by atoms with Crippen LogP contribution in [0.15, 0.2) is 12.4 Å². The van der Waals surface area contributed by atoms with E-state index in [4.69, 9.17) is 0 Å². The predicted octanol–water partition coefficient (Wildman–Crippen LogP) is 3.16. The molecule has 1 aliphatic rings. The van der Waals surface area contributed by atoms with Gasteiger partial charge < -0.3 is 5.32 Å². The van der Waals surface area contributed by atoms with Crippen LogP contribution in [0.2, 0.25) is 0 Å². The van der Waals surface area contributed by atoms with E-state index < -0.39 is 0 Å². The summed E-state index contributed by atoms with van der Waals surface area (Å²) in [6, 6.07) is 0.630. The van der Waals surface area contributed by atoms with Crippen molar-refractivity contribution in [2.75, 3.05) is 18.4 Å². The van der Waals surface area contributed by atoms with Crippen LogP contribution in [0.3, 0.4) is 0 Å². The Morgan fingerprint density at radius 3 is 2.70 bits per heavy atom. The van der Waals surface area contributed by atoms with Gasteiger partial charge in [0.05, 0.1) is 18.1 Å². The number of likely N-dealkylation sites (tertiary alicyclic amines) is 1. The van der Waals surface area contributed by atoms with Crippen molar-refractivity contribution in [2.45, 2.75) is 53.1 Å². The Morgan fingerprint density at radius 2 is 2.05 bits per heavy atom. The van der Waals surface area contributed by atoms with Crippen LogP contribution < -0.4 is 5.32 Å². The second-order valence-electron chi connectivity index (χ2n) is 6.31. The van der Waals surface area contributed by atoms with Crippen molar-refractivity contribution < 1.29 is 0 Å². The summed E-state index contributed by atoms with van der Waals surface area (Å²) in [4.78, 5) is 11.5. The van der Waals surface area contributed by atoms with Crippen LogP contribution >= 0.6 is 0 Å². The van der Waals surface area contributed by atoms with Gasteiger partial charge in [0.2, 0.25) is 0 Å². The van der Waals surface area contributed by atoms with Crippen LogP contribution in [-0.4, -0.2) is 34.0 Å². The first-order valence-corrected chi connectivity index (χ1v) is 7.89. The predicted molar refractivity (Wildman–Crippen MR) is 83.6 cm³/mol. The largest absolute Gasteiger partial charge is 0.369 e. The van der Waals surface area contributed by atoms with Gasteiger partial charge in [-0.05, 0) is 31.6 Å². The molecule has 1 fully saturated rings. The second-order valence-corrected chi connectivity index (χ2v) is 6.31. The fraction of sp³-hybridized carbons (Fsp3) is 0.750. The molecule has 1 saturated heterocycles. The minimum atomic E-state index is 0.630. The highest BCUT2D eigenvalue weighted by molar-refractivity contribution is 5.30. The van der Waals surface area contributed by atoms with Gasteiger partial charge in [-0.1, -0.05) is 20.8 Å². The van der Waals surface area contributed by atoms with E-state index in [1.165, 1.54) is 13.0 Å². The Morgan fingerprint density at radius 1 is 1.25 bits per heavy atom. The van der Waals surface area contributed by atoms with Gasteiger partial charge in [-0.3, -0.25) is 9.88 Å². The van der Waals surface area contributed by atoms with Crippen molar-refractivity contribution in [1.29, 1.82) is 0 Å². The average Bonchev–Trinajstić information content (AvgIpc) is 2.43. The summed E-state index contributed by atoms with van der Waals surface area (Å²) in [5.41, 5.74) is 1.07. The molecule has 1 N–H and O–H groups in total. The highest BCUT2D eigenvalue weighted by atomic mass is 15.2. The zero-order valence-electron chi connectivity index (χ0n) is 13.3. The van der Waals surface area contributed by atoms with Gasteiger partial charge in [-0.25, -0.2) is 4.98 Å². The SMILES string of the molecule is CCCNc1cnc(CN2CC(C)CC(C)C2C)cn1. The van der Waals surface area contributed by atoms with Gasteiger partial charge in [0.15, 0.2) is 0 Å². The van der Waals surface area contributed by atoms with E-state index in [0.717, 1.165) is 42.9 Å². The van der Waals surface area contributed by atoms with Gasteiger partial charge in [-0.15, -0.1) is 0 Å². The van der Waals surface area contributed by atoms with Crippen LogP contribution in [0.1, 0.15) is 46.2 Å². The van der Waals surface area contributed by atoms with Crippen molar-refractivity contribution in [3.8, 4) is 0 Å². The maximum Gasteiger partial charge on any atom is 0.144 e. The molecule has 20 heavy (non-hydrogen) atoms. The lowest BCUT2D eigenvalue weighted by molar-refractivity contribution is 0.0717. The van der Waals surface area contributed by atoms with Crippen molar-refractivity contribution >= 4 is 5.82 Å².